The number of hydrogen-bond acceptors (Lipinski definition) is 1. The Morgan fingerprint density at radius 3 is 1.92 bits per heavy atom. The molecule has 0 saturated heterocycles. The lowest BCUT2D eigenvalue weighted by molar-refractivity contribution is -0.227. The van der Waals surface area contributed by atoms with Crippen molar-refractivity contribution in [2.45, 2.75) is 31.6 Å². The van der Waals surface area contributed by atoms with Gasteiger partial charge in [0.25, 0.3) is 0 Å². The van der Waals surface area contributed by atoms with Crippen molar-refractivity contribution in [3.05, 3.63) is 58.2 Å². The van der Waals surface area contributed by atoms with E-state index in [1.165, 1.54) is 6.07 Å². The van der Waals surface area contributed by atoms with Crippen molar-refractivity contribution in [1.82, 2.24) is 0 Å². The Morgan fingerprint density at radius 2 is 1.40 bits per heavy atom. The van der Waals surface area contributed by atoms with Gasteiger partial charge in [-0.25, -0.2) is 8.78 Å². The fourth-order valence-electron chi connectivity index (χ4n) is 3.14. The fraction of sp³-hybridized carbons (Fsp3) is 0.278. The summed E-state index contributed by atoms with van der Waals surface area (Å²) in [6, 6.07) is 4.16. The molecule has 2 aromatic rings. The van der Waals surface area contributed by atoms with Gasteiger partial charge in [0.15, 0.2) is 6.29 Å². The predicted octanol–water partition coefficient (Wildman–Crippen LogP) is 5.59. The van der Waals surface area contributed by atoms with E-state index in [9.17, 15) is 31.1 Å². The van der Waals surface area contributed by atoms with Gasteiger partial charge in [0.05, 0.1) is 16.7 Å². The van der Waals surface area contributed by atoms with E-state index < -0.39 is 51.3 Å². The molecule has 1 aliphatic rings. The summed E-state index contributed by atoms with van der Waals surface area (Å²) in [6.07, 6.45) is 0.502. The Hall–Kier alpha value is -2.31. The van der Waals surface area contributed by atoms with Gasteiger partial charge < -0.3 is 0 Å². The molecule has 0 aliphatic heterocycles. The molecule has 132 valence electrons. The van der Waals surface area contributed by atoms with Gasteiger partial charge in [-0.3, -0.25) is 4.79 Å². The molecule has 0 aromatic heterocycles. The average Bonchev–Trinajstić information content (AvgIpc) is 2.54. The zero-order valence-corrected chi connectivity index (χ0v) is 13.0. The number of carbonyl (C=O) groups excluding carboxylic acids is 1. The van der Waals surface area contributed by atoms with E-state index in [0.717, 1.165) is 18.2 Å². The quantitative estimate of drug-likeness (QED) is 0.516. The second-order valence-corrected chi connectivity index (χ2v) is 5.87. The third kappa shape index (κ3) is 2.21. The molecular weight excluding hydrogens is 346 g/mol. The number of aryl methyl sites for hydroxylation is 1. The highest BCUT2D eigenvalue weighted by atomic mass is 19.3. The first kappa shape index (κ1) is 17.5. The maximum absolute atomic E-state index is 14.6. The number of benzene rings is 2. The molecule has 0 bridgehead atoms. The molecule has 1 nitrogen and oxygen atoms in total. The monoisotopic (exact) mass is 358 g/mol. The Kier molecular flexibility index (Phi) is 3.93. The van der Waals surface area contributed by atoms with Crippen molar-refractivity contribution >= 4 is 6.29 Å². The molecule has 2 aromatic carbocycles. The van der Waals surface area contributed by atoms with Crippen LogP contribution in [0.4, 0.5) is 26.3 Å². The van der Waals surface area contributed by atoms with E-state index in [1.54, 1.807) is 6.92 Å². The summed E-state index contributed by atoms with van der Waals surface area (Å²) >= 11 is 0. The van der Waals surface area contributed by atoms with Crippen LogP contribution in [0.15, 0.2) is 24.3 Å². The molecule has 0 spiro atoms. The number of hydrogen-bond donors (Lipinski definition) is 0. The largest absolute Gasteiger partial charge is 0.343 e. The Morgan fingerprint density at radius 1 is 0.880 bits per heavy atom. The minimum Gasteiger partial charge on any atom is -0.298 e. The molecule has 0 atom stereocenters. The van der Waals surface area contributed by atoms with Gasteiger partial charge in [-0.2, -0.15) is 17.6 Å². The zero-order valence-electron chi connectivity index (χ0n) is 13.0. The highest BCUT2D eigenvalue weighted by Gasteiger charge is 2.65. The topological polar surface area (TPSA) is 17.1 Å². The van der Waals surface area contributed by atoms with Crippen LogP contribution in [0.25, 0.3) is 11.1 Å². The molecule has 0 N–H and O–H groups in total. The van der Waals surface area contributed by atoms with Gasteiger partial charge in [-0.05, 0) is 29.2 Å². The summed E-state index contributed by atoms with van der Waals surface area (Å²) < 4.78 is 86.7. The maximum Gasteiger partial charge on any atom is 0.343 e. The molecule has 0 radical (unpaired) electrons. The van der Waals surface area contributed by atoms with E-state index >= 15 is 0 Å². The highest BCUT2D eigenvalue weighted by molar-refractivity contribution is 5.82. The summed E-state index contributed by atoms with van der Waals surface area (Å²) in [7, 11) is 0. The first-order valence-electron chi connectivity index (χ1n) is 7.54. The van der Waals surface area contributed by atoms with Crippen LogP contribution in [0.2, 0.25) is 0 Å². The highest BCUT2D eigenvalue weighted by Crippen LogP contribution is 2.59. The summed E-state index contributed by atoms with van der Waals surface area (Å²) in [5, 5.41) is 0. The Balaban J connectivity index is 2.44. The molecule has 0 saturated carbocycles. The first-order chi connectivity index (χ1) is 11.7. The minimum absolute atomic E-state index is 0.0374. The molecule has 25 heavy (non-hydrogen) atoms. The predicted molar refractivity (Wildman–Crippen MR) is 79.0 cm³/mol. The van der Waals surface area contributed by atoms with Crippen molar-refractivity contribution in [2.24, 2.45) is 0 Å². The van der Waals surface area contributed by atoms with E-state index in [2.05, 4.69) is 0 Å². The van der Waals surface area contributed by atoms with E-state index in [4.69, 9.17) is 0 Å². The van der Waals surface area contributed by atoms with Crippen LogP contribution in [0.3, 0.4) is 0 Å². The van der Waals surface area contributed by atoms with Crippen LogP contribution < -0.4 is 0 Å². The van der Waals surface area contributed by atoms with Crippen molar-refractivity contribution < 1.29 is 31.1 Å². The molecular formula is C18H12F6O. The van der Waals surface area contributed by atoms with Gasteiger partial charge in [-0.1, -0.05) is 31.5 Å². The Bertz CT molecular complexity index is 872. The molecule has 0 amide bonds. The number of fused-ring (bicyclic) bond motifs is 3. The van der Waals surface area contributed by atoms with Crippen molar-refractivity contribution in [3.63, 3.8) is 0 Å². The first-order valence-corrected chi connectivity index (χ1v) is 7.54. The molecule has 0 fully saturated rings. The van der Waals surface area contributed by atoms with Gasteiger partial charge in [0, 0.05) is 0 Å². The smallest absolute Gasteiger partial charge is 0.298 e. The SMILES string of the molecule is CCCc1ccc2c(c1F)C(F)(F)C(F)(F)c1c-2ccc(C=O)c1F. The van der Waals surface area contributed by atoms with Crippen molar-refractivity contribution in [2.75, 3.05) is 0 Å². The molecule has 0 heterocycles. The average molecular weight is 358 g/mol. The minimum atomic E-state index is -5.00. The lowest BCUT2D eigenvalue weighted by atomic mass is 9.78. The van der Waals surface area contributed by atoms with Crippen LogP contribution in [0, 0.1) is 11.6 Å². The molecule has 0 unspecified atom stereocenters. The van der Waals surface area contributed by atoms with Crippen molar-refractivity contribution in [1.29, 1.82) is 0 Å². The number of alkyl halides is 4. The molecule has 3 rings (SSSR count). The third-order valence-electron chi connectivity index (χ3n) is 4.35. The van der Waals surface area contributed by atoms with Crippen LogP contribution >= 0.6 is 0 Å². The van der Waals surface area contributed by atoms with Crippen LogP contribution in [-0.4, -0.2) is 6.29 Å². The maximum atomic E-state index is 14.6. The standard InChI is InChI=1S/C18H12F6O/c1-2-3-9-4-6-11-12-7-5-10(8-25)16(20)14(12)18(23,24)17(21,22)13(11)15(9)19/h4-8H,2-3H2,1H3. The summed E-state index contributed by atoms with van der Waals surface area (Å²) in [5.41, 5.74) is -4.94. The number of carbonyl (C=O) groups is 1. The number of aldehydes is 1. The van der Waals surface area contributed by atoms with E-state index in [0.29, 0.717) is 6.42 Å². The number of halogens is 6. The van der Waals surface area contributed by atoms with E-state index in [-0.39, 0.29) is 18.3 Å². The third-order valence-corrected chi connectivity index (χ3v) is 4.35. The van der Waals surface area contributed by atoms with Crippen LogP contribution in [0.5, 0.6) is 0 Å². The summed E-state index contributed by atoms with van der Waals surface area (Å²) in [4.78, 5) is 10.8. The molecule has 7 heteroatoms. The van der Waals surface area contributed by atoms with Gasteiger partial charge in [0.1, 0.15) is 11.6 Å². The second-order valence-electron chi connectivity index (χ2n) is 5.87. The lowest BCUT2D eigenvalue weighted by Crippen LogP contribution is -2.41. The van der Waals surface area contributed by atoms with Gasteiger partial charge in [-0.15, -0.1) is 0 Å². The normalized spacial score (nSPS) is 16.9. The Labute approximate surface area is 139 Å². The number of rotatable bonds is 3. The summed E-state index contributed by atoms with van der Waals surface area (Å²) in [5.74, 6) is -13.1. The fourth-order valence-corrected chi connectivity index (χ4v) is 3.14. The van der Waals surface area contributed by atoms with E-state index in [1.807, 2.05) is 0 Å². The van der Waals surface area contributed by atoms with Gasteiger partial charge >= 0.3 is 11.8 Å². The summed E-state index contributed by atoms with van der Waals surface area (Å²) in [6.45, 7) is 1.69. The van der Waals surface area contributed by atoms with Crippen molar-refractivity contribution in [3.8, 4) is 11.1 Å². The van der Waals surface area contributed by atoms with Crippen LogP contribution in [-0.2, 0) is 18.3 Å². The van der Waals surface area contributed by atoms with Gasteiger partial charge in [0.2, 0.25) is 0 Å². The molecule has 1 aliphatic carbocycles. The van der Waals surface area contributed by atoms with Crippen LogP contribution in [0.1, 0.15) is 40.4 Å². The lowest BCUT2D eigenvalue weighted by Gasteiger charge is -2.35. The zero-order chi connectivity index (χ0) is 18.6. The second kappa shape index (κ2) is 5.61.